The highest BCUT2D eigenvalue weighted by Crippen LogP contribution is 2.27. The Morgan fingerprint density at radius 2 is 2.13 bits per heavy atom. The molecule has 0 fully saturated rings. The van der Waals surface area contributed by atoms with Crippen molar-refractivity contribution in [3.8, 4) is 0 Å². The lowest BCUT2D eigenvalue weighted by atomic mass is 10.2. The SMILES string of the molecule is CCCCC(N)CSc1ccccc1Br. The summed E-state index contributed by atoms with van der Waals surface area (Å²) in [7, 11) is 0. The minimum absolute atomic E-state index is 0.321. The van der Waals surface area contributed by atoms with Crippen LogP contribution in [0.4, 0.5) is 0 Å². The van der Waals surface area contributed by atoms with E-state index >= 15 is 0 Å². The molecule has 15 heavy (non-hydrogen) atoms. The van der Waals surface area contributed by atoms with Crippen LogP contribution in [0, 0.1) is 0 Å². The maximum Gasteiger partial charge on any atom is 0.0311 e. The van der Waals surface area contributed by atoms with E-state index in [1.807, 2.05) is 17.8 Å². The van der Waals surface area contributed by atoms with Crippen LogP contribution in [0.5, 0.6) is 0 Å². The number of hydrogen-bond donors (Lipinski definition) is 1. The van der Waals surface area contributed by atoms with Crippen molar-refractivity contribution in [2.75, 3.05) is 5.75 Å². The van der Waals surface area contributed by atoms with Gasteiger partial charge in [0.1, 0.15) is 0 Å². The van der Waals surface area contributed by atoms with Gasteiger partial charge < -0.3 is 5.73 Å². The van der Waals surface area contributed by atoms with Crippen LogP contribution in [-0.4, -0.2) is 11.8 Å². The van der Waals surface area contributed by atoms with Gasteiger partial charge in [-0.3, -0.25) is 0 Å². The maximum atomic E-state index is 6.02. The molecule has 1 aromatic carbocycles. The van der Waals surface area contributed by atoms with Crippen molar-refractivity contribution < 1.29 is 0 Å². The van der Waals surface area contributed by atoms with Crippen LogP contribution in [0.25, 0.3) is 0 Å². The lowest BCUT2D eigenvalue weighted by Crippen LogP contribution is -2.22. The predicted molar refractivity (Wildman–Crippen MR) is 72.4 cm³/mol. The maximum absolute atomic E-state index is 6.02. The zero-order valence-electron chi connectivity index (χ0n) is 9.08. The molecule has 1 rings (SSSR count). The largest absolute Gasteiger partial charge is 0.327 e. The Hall–Kier alpha value is 0.01000. The van der Waals surface area contributed by atoms with Crippen molar-refractivity contribution >= 4 is 27.7 Å². The molecule has 0 aliphatic carbocycles. The van der Waals surface area contributed by atoms with Gasteiger partial charge in [0.15, 0.2) is 0 Å². The molecule has 0 amide bonds. The molecule has 0 saturated carbocycles. The highest BCUT2D eigenvalue weighted by molar-refractivity contribution is 9.10. The number of hydrogen-bond acceptors (Lipinski definition) is 2. The second-order valence-electron chi connectivity index (χ2n) is 3.64. The van der Waals surface area contributed by atoms with Crippen LogP contribution in [0.3, 0.4) is 0 Å². The van der Waals surface area contributed by atoms with E-state index in [9.17, 15) is 0 Å². The zero-order valence-corrected chi connectivity index (χ0v) is 11.5. The average molecular weight is 288 g/mol. The highest BCUT2D eigenvalue weighted by Gasteiger charge is 2.04. The molecule has 0 aliphatic rings. The molecule has 3 heteroatoms. The Morgan fingerprint density at radius 1 is 1.40 bits per heavy atom. The lowest BCUT2D eigenvalue weighted by molar-refractivity contribution is 0.622. The van der Waals surface area contributed by atoms with E-state index in [0.717, 1.165) is 16.6 Å². The standard InChI is InChI=1S/C12H18BrNS/c1-2-3-6-10(14)9-15-12-8-5-4-7-11(12)13/h4-5,7-8,10H,2-3,6,9,14H2,1H3. The minimum atomic E-state index is 0.321. The molecule has 84 valence electrons. The van der Waals surface area contributed by atoms with Gasteiger partial charge in [-0.2, -0.15) is 0 Å². The molecule has 2 N–H and O–H groups in total. The predicted octanol–water partition coefficient (Wildman–Crippen LogP) is 4.06. The first kappa shape index (κ1) is 13.1. The van der Waals surface area contributed by atoms with Crippen molar-refractivity contribution in [1.29, 1.82) is 0 Å². The number of nitrogens with two attached hydrogens (primary N) is 1. The lowest BCUT2D eigenvalue weighted by Gasteiger charge is -2.10. The van der Waals surface area contributed by atoms with Crippen molar-refractivity contribution in [2.45, 2.75) is 37.1 Å². The summed E-state index contributed by atoms with van der Waals surface area (Å²) in [5.41, 5.74) is 6.02. The molecule has 1 unspecified atom stereocenters. The molecule has 0 spiro atoms. The third-order valence-corrected chi connectivity index (χ3v) is 4.43. The van der Waals surface area contributed by atoms with E-state index < -0.39 is 0 Å². The van der Waals surface area contributed by atoms with E-state index in [4.69, 9.17) is 5.73 Å². The van der Waals surface area contributed by atoms with Crippen molar-refractivity contribution in [2.24, 2.45) is 5.73 Å². The molecule has 0 saturated heterocycles. The summed E-state index contributed by atoms with van der Waals surface area (Å²) < 4.78 is 1.16. The van der Waals surface area contributed by atoms with Gasteiger partial charge in [0, 0.05) is 21.2 Å². The second kappa shape index (κ2) is 7.31. The fraction of sp³-hybridized carbons (Fsp3) is 0.500. The molecule has 0 aromatic heterocycles. The van der Waals surface area contributed by atoms with Crippen LogP contribution >= 0.6 is 27.7 Å². The Bertz CT molecular complexity index is 291. The summed E-state index contributed by atoms with van der Waals surface area (Å²) in [5.74, 6) is 1.00. The fourth-order valence-corrected chi connectivity index (χ4v) is 2.88. The van der Waals surface area contributed by atoms with Gasteiger partial charge >= 0.3 is 0 Å². The number of benzene rings is 1. The first-order valence-corrected chi connectivity index (χ1v) is 7.14. The molecule has 0 aliphatic heterocycles. The van der Waals surface area contributed by atoms with Gasteiger partial charge in [-0.15, -0.1) is 11.8 Å². The molecular weight excluding hydrogens is 270 g/mol. The third kappa shape index (κ3) is 5.05. The third-order valence-electron chi connectivity index (χ3n) is 2.22. The summed E-state index contributed by atoms with van der Waals surface area (Å²) in [5, 5.41) is 0. The van der Waals surface area contributed by atoms with E-state index in [-0.39, 0.29) is 0 Å². The monoisotopic (exact) mass is 287 g/mol. The minimum Gasteiger partial charge on any atom is -0.327 e. The van der Waals surface area contributed by atoms with Gasteiger partial charge in [0.2, 0.25) is 0 Å². The Kier molecular flexibility index (Phi) is 6.37. The number of unbranched alkanes of at least 4 members (excludes halogenated alkanes) is 1. The average Bonchev–Trinajstić information content (AvgIpc) is 2.25. The number of rotatable bonds is 6. The topological polar surface area (TPSA) is 26.0 Å². The van der Waals surface area contributed by atoms with Gasteiger partial charge in [-0.25, -0.2) is 0 Å². The molecule has 0 heterocycles. The first-order chi connectivity index (χ1) is 7.24. The van der Waals surface area contributed by atoms with E-state index in [0.29, 0.717) is 6.04 Å². The molecule has 1 atom stereocenters. The summed E-state index contributed by atoms with van der Waals surface area (Å²) in [6, 6.07) is 8.61. The van der Waals surface area contributed by atoms with E-state index in [1.165, 1.54) is 17.7 Å². The summed E-state index contributed by atoms with van der Waals surface area (Å²) in [6.07, 6.45) is 3.60. The van der Waals surface area contributed by atoms with Crippen LogP contribution in [0.15, 0.2) is 33.6 Å². The van der Waals surface area contributed by atoms with Crippen LogP contribution in [-0.2, 0) is 0 Å². The molecular formula is C12H18BrNS. The Balaban J connectivity index is 2.33. The van der Waals surface area contributed by atoms with Gasteiger partial charge in [0.05, 0.1) is 0 Å². The number of halogens is 1. The molecule has 0 radical (unpaired) electrons. The first-order valence-electron chi connectivity index (χ1n) is 5.37. The summed E-state index contributed by atoms with van der Waals surface area (Å²) in [4.78, 5) is 1.28. The molecule has 1 nitrogen and oxygen atoms in total. The smallest absolute Gasteiger partial charge is 0.0311 e. The van der Waals surface area contributed by atoms with Crippen molar-refractivity contribution in [3.63, 3.8) is 0 Å². The fourth-order valence-electron chi connectivity index (χ4n) is 1.31. The van der Waals surface area contributed by atoms with Gasteiger partial charge in [0.25, 0.3) is 0 Å². The molecule has 0 bridgehead atoms. The quantitative estimate of drug-likeness (QED) is 0.799. The normalized spacial score (nSPS) is 12.7. The Morgan fingerprint density at radius 3 is 2.80 bits per heavy atom. The van der Waals surface area contributed by atoms with Crippen molar-refractivity contribution in [1.82, 2.24) is 0 Å². The van der Waals surface area contributed by atoms with Gasteiger partial charge in [-0.1, -0.05) is 31.9 Å². The zero-order chi connectivity index (χ0) is 11.1. The molecule has 1 aromatic rings. The second-order valence-corrected chi connectivity index (χ2v) is 5.56. The summed E-state index contributed by atoms with van der Waals surface area (Å²) >= 11 is 5.37. The van der Waals surface area contributed by atoms with E-state index in [1.54, 1.807) is 0 Å². The summed E-state index contributed by atoms with van der Waals surface area (Å²) in [6.45, 7) is 2.20. The van der Waals surface area contributed by atoms with Gasteiger partial charge in [-0.05, 0) is 34.5 Å². The van der Waals surface area contributed by atoms with Crippen molar-refractivity contribution in [3.05, 3.63) is 28.7 Å². The van der Waals surface area contributed by atoms with Crippen LogP contribution in [0.2, 0.25) is 0 Å². The van der Waals surface area contributed by atoms with Crippen LogP contribution < -0.4 is 5.73 Å². The van der Waals surface area contributed by atoms with E-state index in [2.05, 4.69) is 41.1 Å². The number of thioether (sulfide) groups is 1. The highest BCUT2D eigenvalue weighted by atomic mass is 79.9. The van der Waals surface area contributed by atoms with Crippen LogP contribution in [0.1, 0.15) is 26.2 Å². The Labute approximate surface area is 105 Å².